The highest BCUT2D eigenvalue weighted by Crippen LogP contribution is 2.36. The van der Waals surface area contributed by atoms with E-state index in [0.29, 0.717) is 12.2 Å². The average Bonchev–Trinajstić information content (AvgIpc) is 2.43. The van der Waals surface area contributed by atoms with Gasteiger partial charge in [-0.05, 0) is 132 Å². The van der Waals surface area contributed by atoms with Crippen molar-refractivity contribution in [1.29, 1.82) is 0 Å². The summed E-state index contributed by atoms with van der Waals surface area (Å²) in [5.74, 6) is -0.703. The molecular weight excluding hydrogens is 750 g/mol. The van der Waals surface area contributed by atoms with E-state index in [0.717, 1.165) is 31.0 Å². The number of phenols is 1. The zero-order valence-electron chi connectivity index (χ0n) is 11.5. The lowest BCUT2D eigenvalue weighted by Gasteiger charge is -2.14. The number of phenolic OH excluding ortho intramolecular Hbond substituents is 1. The maximum absolute atomic E-state index is 10.9. The van der Waals surface area contributed by atoms with Crippen LogP contribution in [0.25, 0.3) is 11.1 Å². The van der Waals surface area contributed by atoms with Gasteiger partial charge in [-0.25, -0.2) is 0 Å². The fraction of sp³-hybridized carbons (Fsp3) is 0.133. The Balaban J connectivity index is 2.47. The van der Waals surface area contributed by atoms with Crippen LogP contribution in [-0.4, -0.2) is 22.2 Å². The van der Waals surface area contributed by atoms with E-state index in [1.807, 2.05) is 24.3 Å². The van der Waals surface area contributed by atoms with Crippen LogP contribution in [0.3, 0.4) is 0 Å². The number of hydrogen-bond donors (Lipinski definition) is 3. The fourth-order valence-electron chi connectivity index (χ4n) is 2.07. The first kappa shape index (κ1) is 19.9. The van der Waals surface area contributed by atoms with Crippen LogP contribution in [-0.2, 0) is 11.2 Å². The second-order valence-corrected chi connectivity index (χ2v) is 9.52. The second kappa shape index (κ2) is 8.31. The molecule has 0 fully saturated rings. The molecule has 0 bridgehead atoms. The second-order valence-electron chi connectivity index (χ2n) is 4.87. The highest BCUT2D eigenvalue weighted by atomic mass is 127. The third-order valence-electron chi connectivity index (χ3n) is 3.18. The normalized spacial score (nSPS) is 12.2. The van der Waals surface area contributed by atoms with Crippen molar-refractivity contribution in [2.75, 3.05) is 0 Å². The van der Waals surface area contributed by atoms with Gasteiger partial charge in [-0.15, -0.1) is 0 Å². The van der Waals surface area contributed by atoms with E-state index in [9.17, 15) is 9.90 Å². The van der Waals surface area contributed by atoms with E-state index in [2.05, 4.69) is 90.4 Å². The minimum absolute atomic E-state index is 0.295. The third-order valence-corrected chi connectivity index (χ3v) is 6.53. The van der Waals surface area contributed by atoms with E-state index in [1.165, 1.54) is 0 Å². The molecule has 122 valence electrons. The lowest BCUT2D eigenvalue weighted by Crippen LogP contribution is -2.32. The minimum Gasteiger partial charge on any atom is -0.506 e. The molecule has 0 unspecified atom stereocenters. The van der Waals surface area contributed by atoms with Crippen LogP contribution >= 0.6 is 90.4 Å². The van der Waals surface area contributed by atoms with Crippen LogP contribution in [0, 0.1) is 14.3 Å². The smallest absolute Gasteiger partial charge is 0.320 e. The molecule has 0 radical (unpaired) electrons. The number of halogens is 4. The molecule has 0 aromatic heterocycles. The van der Waals surface area contributed by atoms with Crippen molar-refractivity contribution in [3.05, 3.63) is 44.1 Å². The van der Waals surface area contributed by atoms with Gasteiger partial charge in [0.2, 0.25) is 0 Å². The highest BCUT2D eigenvalue weighted by molar-refractivity contribution is 14.1. The molecule has 0 spiro atoms. The molecule has 0 aliphatic carbocycles. The van der Waals surface area contributed by atoms with E-state index in [1.54, 1.807) is 0 Å². The predicted octanol–water partition coefficient (Wildman–Crippen LogP) is 4.43. The first-order chi connectivity index (χ1) is 10.7. The first-order valence-corrected chi connectivity index (χ1v) is 10.7. The number of carboxylic acid groups (broad SMARTS) is 1. The van der Waals surface area contributed by atoms with Crippen LogP contribution in [0.2, 0.25) is 0 Å². The molecule has 0 saturated carbocycles. The molecule has 8 heteroatoms. The summed E-state index contributed by atoms with van der Waals surface area (Å²) in [6.45, 7) is 0. The Labute approximate surface area is 188 Å². The van der Waals surface area contributed by atoms with E-state index in [-0.39, 0.29) is 0 Å². The summed E-state index contributed by atoms with van der Waals surface area (Å²) in [6.07, 6.45) is 0.298. The number of aromatic hydroxyl groups is 1. The molecule has 2 aromatic rings. The van der Waals surface area contributed by atoms with Crippen LogP contribution in [0.5, 0.6) is 5.75 Å². The van der Waals surface area contributed by atoms with E-state index in [4.69, 9.17) is 10.8 Å². The number of aliphatic carboxylic acids is 1. The summed E-state index contributed by atoms with van der Waals surface area (Å²) in [5.41, 5.74) is 8.63. The van der Waals surface area contributed by atoms with Gasteiger partial charge in [0.15, 0.2) is 0 Å². The van der Waals surface area contributed by atoms with Gasteiger partial charge < -0.3 is 15.9 Å². The van der Waals surface area contributed by atoms with Gasteiger partial charge >= 0.3 is 5.97 Å². The maximum Gasteiger partial charge on any atom is 0.320 e. The van der Waals surface area contributed by atoms with Crippen molar-refractivity contribution in [3.63, 3.8) is 0 Å². The lowest BCUT2D eigenvalue weighted by atomic mass is 10.0. The highest BCUT2D eigenvalue weighted by Gasteiger charge is 2.17. The molecule has 1 atom stereocenters. The standard InChI is InChI=1S/C15H11I4NO3/c16-8-1-6(3-12(20)15(22)23)2-9(17)13(8)7-4-10(18)14(21)11(19)5-7/h1-2,4-5,12,21H,3,20H2,(H,22,23)/t12-/m0/s1. The Morgan fingerprint density at radius 2 is 1.48 bits per heavy atom. The monoisotopic (exact) mass is 761 g/mol. The molecule has 2 rings (SSSR count). The minimum atomic E-state index is -0.998. The Morgan fingerprint density at radius 3 is 1.91 bits per heavy atom. The number of carbonyl (C=O) groups is 1. The van der Waals surface area contributed by atoms with Crippen molar-refractivity contribution in [2.24, 2.45) is 5.73 Å². The van der Waals surface area contributed by atoms with Crippen LogP contribution in [0.1, 0.15) is 5.56 Å². The van der Waals surface area contributed by atoms with E-state index >= 15 is 0 Å². The fourth-order valence-corrected chi connectivity index (χ4v) is 6.36. The van der Waals surface area contributed by atoms with Crippen molar-refractivity contribution in [3.8, 4) is 16.9 Å². The molecule has 2 aromatic carbocycles. The summed E-state index contributed by atoms with van der Waals surface area (Å²) in [4.78, 5) is 10.9. The van der Waals surface area contributed by atoms with E-state index < -0.39 is 12.0 Å². The molecule has 23 heavy (non-hydrogen) atoms. The predicted molar refractivity (Wildman–Crippen MR) is 124 cm³/mol. The van der Waals surface area contributed by atoms with Crippen LogP contribution in [0.4, 0.5) is 0 Å². The first-order valence-electron chi connectivity index (χ1n) is 6.35. The maximum atomic E-state index is 10.9. The summed E-state index contributed by atoms with van der Waals surface area (Å²) in [6, 6.07) is 6.92. The Morgan fingerprint density at radius 1 is 1.00 bits per heavy atom. The van der Waals surface area contributed by atoms with Crippen molar-refractivity contribution < 1.29 is 15.0 Å². The summed E-state index contributed by atoms with van der Waals surface area (Å²) in [7, 11) is 0. The average molecular weight is 761 g/mol. The quantitative estimate of drug-likeness (QED) is 0.404. The topological polar surface area (TPSA) is 83.5 Å². The van der Waals surface area contributed by atoms with Crippen molar-refractivity contribution in [2.45, 2.75) is 12.5 Å². The molecule has 0 amide bonds. The molecule has 4 nitrogen and oxygen atoms in total. The zero-order valence-corrected chi connectivity index (χ0v) is 20.1. The van der Waals surface area contributed by atoms with Gasteiger partial charge in [0.05, 0.1) is 7.14 Å². The number of carboxylic acids is 1. The van der Waals surface area contributed by atoms with Gasteiger partial charge in [-0.1, -0.05) is 0 Å². The summed E-state index contributed by atoms with van der Waals surface area (Å²) < 4.78 is 3.65. The Hall–Kier alpha value is 0.590. The van der Waals surface area contributed by atoms with Crippen LogP contribution < -0.4 is 5.73 Å². The number of hydrogen-bond acceptors (Lipinski definition) is 3. The Kier molecular flexibility index (Phi) is 7.20. The zero-order chi connectivity index (χ0) is 17.3. The molecule has 0 aliphatic heterocycles. The molecule has 4 N–H and O–H groups in total. The van der Waals surface area contributed by atoms with Gasteiger partial charge in [0.1, 0.15) is 11.8 Å². The summed E-state index contributed by atoms with van der Waals surface area (Å²) in [5, 5.41) is 18.9. The summed E-state index contributed by atoms with van der Waals surface area (Å²) >= 11 is 8.73. The number of nitrogens with two attached hydrogens (primary N) is 1. The molecule has 0 aliphatic rings. The van der Waals surface area contributed by atoms with Gasteiger partial charge in [-0.3, -0.25) is 4.79 Å². The SMILES string of the molecule is N[C@@H](Cc1cc(I)c(-c2cc(I)c(O)c(I)c2)c(I)c1)C(=O)O. The lowest BCUT2D eigenvalue weighted by molar-refractivity contribution is -0.138. The largest absolute Gasteiger partial charge is 0.506 e. The van der Waals surface area contributed by atoms with Gasteiger partial charge in [0, 0.05) is 12.7 Å². The third kappa shape index (κ3) is 4.82. The number of rotatable bonds is 4. The van der Waals surface area contributed by atoms with Crippen LogP contribution in [0.15, 0.2) is 24.3 Å². The van der Waals surface area contributed by atoms with Gasteiger partial charge in [-0.2, -0.15) is 0 Å². The van der Waals surface area contributed by atoms with Crippen molar-refractivity contribution >= 4 is 96.3 Å². The molecule has 0 heterocycles. The molecule has 0 saturated heterocycles. The van der Waals surface area contributed by atoms with Gasteiger partial charge in [0.25, 0.3) is 0 Å². The van der Waals surface area contributed by atoms with Crippen molar-refractivity contribution in [1.82, 2.24) is 0 Å². The molecular formula is C15H11I4NO3. The Bertz CT molecular complexity index is 733. The number of benzene rings is 2.